The number of anilines is 1. The zero-order valence-corrected chi connectivity index (χ0v) is 18.4. The topological polar surface area (TPSA) is 45.7 Å². The summed E-state index contributed by atoms with van der Waals surface area (Å²) in [5.41, 5.74) is 1.91. The number of amides is 1. The maximum absolute atomic E-state index is 13.0. The number of pyridine rings is 1. The molecular weight excluding hydrogens is 402 g/mol. The van der Waals surface area contributed by atoms with Crippen LogP contribution in [0.5, 0.6) is 0 Å². The number of fused-ring (bicyclic) bond motifs is 1. The number of benzene rings is 1. The van der Waals surface area contributed by atoms with Crippen molar-refractivity contribution in [3.05, 3.63) is 40.8 Å². The second-order valence-corrected chi connectivity index (χ2v) is 9.38. The van der Waals surface area contributed by atoms with Crippen LogP contribution in [0.2, 0.25) is 0 Å². The lowest BCUT2D eigenvalue weighted by Crippen LogP contribution is -2.37. The first-order valence-electron chi connectivity index (χ1n) is 10.0. The second kappa shape index (κ2) is 8.81. The maximum atomic E-state index is 13.0. The van der Waals surface area contributed by atoms with Crippen LogP contribution in [-0.2, 0) is 9.53 Å². The molecule has 29 heavy (non-hydrogen) atoms. The standard InChI is InChI=1S/C22H25N3O2S2/c1-15(2)7-8-25-21(26)19(29-22(25)28)14-17-13-16-5-3-4-6-18(16)23-20(17)24-9-11-27-12-10-24/h3-6,13-15H,7-12H2,1-2H3/b19-14-. The lowest BCUT2D eigenvalue weighted by Gasteiger charge is -2.29. The quantitative estimate of drug-likeness (QED) is 0.523. The number of nitrogens with zero attached hydrogens (tertiary/aromatic N) is 3. The number of hydrogen-bond donors (Lipinski definition) is 0. The smallest absolute Gasteiger partial charge is 0.266 e. The molecule has 2 aliphatic heterocycles. The number of hydrogen-bond acceptors (Lipinski definition) is 6. The van der Waals surface area contributed by atoms with E-state index in [9.17, 15) is 4.79 Å². The van der Waals surface area contributed by atoms with Crippen LogP contribution in [0.3, 0.4) is 0 Å². The molecular formula is C22H25N3O2S2. The lowest BCUT2D eigenvalue weighted by molar-refractivity contribution is -0.122. The van der Waals surface area contributed by atoms with Crippen molar-refractivity contribution in [2.75, 3.05) is 37.7 Å². The first kappa shape index (κ1) is 20.3. The Bertz CT molecular complexity index is 968. The Morgan fingerprint density at radius 2 is 2.03 bits per heavy atom. The van der Waals surface area contributed by atoms with E-state index in [1.807, 2.05) is 24.3 Å². The van der Waals surface area contributed by atoms with Crippen molar-refractivity contribution < 1.29 is 9.53 Å². The van der Waals surface area contributed by atoms with Crippen LogP contribution in [-0.4, -0.2) is 53.0 Å². The molecule has 0 aliphatic carbocycles. The number of carbonyl (C=O) groups is 1. The van der Waals surface area contributed by atoms with Crippen molar-refractivity contribution in [3.63, 3.8) is 0 Å². The minimum Gasteiger partial charge on any atom is -0.378 e. The highest BCUT2D eigenvalue weighted by atomic mass is 32.2. The zero-order chi connectivity index (χ0) is 20.4. The molecule has 0 N–H and O–H groups in total. The summed E-state index contributed by atoms with van der Waals surface area (Å²) in [4.78, 5) is 22.5. The third kappa shape index (κ3) is 4.47. The fourth-order valence-corrected chi connectivity index (χ4v) is 4.78. The zero-order valence-electron chi connectivity index (χ0n) is 16.8. The largest absolute Gasteiger partial charge is 0.378 e. The summed E-state index contributed by atoms with van der Waals surface area (Å²) in [5, 5.41) is 1.06. The fourth-order valence-electron chi connectivity index (χ4n) is 3.48. The van der Waals surface area contributed by atoms with Crippen molar-refractivity contribution in [2.24, 2.45) is 5.92 Å². The number of thiocarbonyl (C=S) groups is 1. The number of thioether (sulfide) groups is 1. The average molecular weight is 428 g/mol. The van der Waals surface area contributed by atoms with Gasteiger partial charge < -0.3 is 9.64 Å². The van der Waals surface area contributed by atoms with Crippen LogP contribution in [0.1, 0.15) is 25.8 Å². The summed E-state index contributed by atoms with van der Waals surface area (Å²) in [7, 11) is 0. The average Bonchev–Trinajstić information content (AvgIpc) is 2.99. The Hall–Kier alpha value is -1.96. The molecule has 0 bridgehead atoms. The van der Waals surface area contributed by atoms with E-state index >= 15 is 0 Å². The third-order valence-corrected chi connectivity index (χ3v) is 6.51. The molecule has 2 aliphatic rings. The van der Waals surface area contributed by atoms with Gasteiger partial charge in [-0.3, -0.25) is 9.69 Å². The summed E-state index contributed by atoms with van der Waals surface area (Å²) in [6, 6.07) is 10.2. The highest BCUT2D eigenvalue weighted by Gasteiger charge is 2.32. The van der Waals surface area contributed by atoms with E-state index in [1.54, 1.807) is 4.90 Å². The molecule has 1 amide bonds. The van der Waals surface area contributed by atoms with E-state index in [0.717, 1.165) is 41.8 Å². The third-order valence-electron chi connectivity index (χ3n) is 5.13. The Morgan fingerprint density at radius 1 is 1.28 bits per heavy atom. The van der Waals surface area contributed by atoms with Crippen molar-refractivity contribution in [3.8, 4) is 0 Å². The van der Waals surface area contributed by atoms with Gasteiger partial charge in [0, 0.05) is 30.6 Å². The Balaban J connectivity index is 1.70. The summed E-state index contributed by atoms with van der Waals surface area (Å²) in [6.07, 6.45) is 2.90. The number of morpholine rings is 1. The van der Waals surface area contributed by atoms with Gasteiger partial charge in [0.25, 0.3) is 5.91 Å². The second-order valence-electron chi connectivity index (χ2n) is 7.71. The Labute approximate surface area is 181 Å². The van der Waals surface area contributed by atoms with E-state index in [2.05, 4.69) is 30.9 Å². The number of carbonyl (C=O) groups excluding carboxylic acids is 1. The molecule has 2 fully saturated rings. The van der Waals surface area contributed by atoms with Crippen LogP contribution >= 0.6 is 24.0 Å². The van der Waals surface area contributed by atoms with Gasteiger partial charge in [-0.25, -0.2) is 4.98 Å². The van der Waals surface area contributed by atoms with Crippen molar-refractivity contribution in [1.82, 2.24) is 9.88 Å². The Morgan fingerprint density at radius 3 is 2.79 bits per heavy atom. The molecule has 5 nitrogen and oxygen atoms in total. The molecule has 1 aromatic heterocycles. The molecule has 0 atom stereocenters. The minimum atomic E-state index is 0.00161. The van der Waals surface area contributed by atoms with Gasteiger partial charge in [-0.2, -0.15) is 0 Å². The van der Waals surface area contributed by atoms with Crippen LogP contribution in [0, 0.1) is 5.92 Å². The minimum absolute atomic E-state index is 0.00161. The normalized spacial score (nSPS) is 19.2. The van der Waals surface area contributed by atoms with Gasteiger partial charge in [-0.05, 0) is 30.5 Å². The van der Waals surface area contributed by atoms with Gasteiger partial charge in [0.15, 0.2) is 0 Å². The number of rotatable bonds is 5. The molecule has 2 aromatic rings. The highest BCUT2D eigenvalue weighted by molar-refractivity contribution is 8.26. The summed E-state index contributed by atoms with van der Waals surface area (Å²) in [6.45, 7) is 7.94. The maximum Gasteiger partial charge on any atom is 0.266 e. The van der Waals surface area contributed by atoms with Gasteiger partial charge >= 0.3 is 0 Å². The molecule has 2 saturated heterocycles. The predicted octanol–water partition coefficient (Wildman–Crippen LogP) is 4.32. The van der Waals surface area contributed by atoms with Gasteiger partial charge in [0.2, 0.25) is 0 Å². The van der Waals surface area contributed by atoms with Gasteiger partial charge in [0.1, 0.15) is 10.1 Å². The summed E-state index contributed by atoms with van der Waals surface area (Å²) >= 11 is 6.87. The van der Waals surface area contributed by atoms with Crippen LogP contribution in [0.4, 0.5) is 5.82 Å². The van der Waals surface area contributed by atoms with Gasteiger partial charge in [-0.1, -0.05) is 56.0 Å². The van der Waals surface area contributed by atoms with E-state index in [0.29, 0.717) is 34.9 Å². The van der Waals surface area contributed by atoms with Crippen molar-refractivity contribution in [2.45, 2.75) is 20.3 Å². The van der Waals surface area contributed by atoms with Crippen molar-refractivity contribution in [1.29, 1.82) is 0 Å². The summed E-state index contributed by atoms with van der Waals surface area (Å²) < 4.78 is 6.15. The lowest BCUT2D eigenvalue weighted by atomic mass is 10.1. The van der Waals surface area contributed by atoms with E-state index in [4.69, 9.17) is 21.9 Å². The Kier molecular flexibility index (Phi) is 6.18. The van der Waals surface area contributed by atoms with E-state index in [-0.39, 0.29) is 5.91 Å². The molecule has 152 valence electrons. The first-order valence-corrected chi connectivity index (χ1v) is 11.2. The van der Waals surface area contributed by atoms with Crippen LogP contribution in [0.25, 0.3) is 17.0 Å². The van der Waals surface area contributed by atoms with E-state index in [1.165, 1.54) is 11.8 Å². The highest BCUT2D eigenvalue weighted by Crippen LogP contribution is 2.35. The van der Waals surface area contributed by atoms with Crippen LogP contribution < -0.4 is 4.90 Å². The molecule has 0 unspecified atom stereocenters. The predicted molar refractivity (Wildman–Crippen MR) is 124 cm³/mol. The molecule has 4 rings (SSSR count). The number of para-hydroxylation sites is 1. The SMILES string of the molecule is CC(C)CCN1C(=O)/C(=C/c2cc3ccccc3nc2N2CCOCC2)SC1=S. The molecule has 0 radical (unpaired) electrons. The van der Waals surface area contributed by atoms with Gasteiger partial charge in [-0.15, -0.1) is 0 Å². The molecule has 3 heterocycles. The van der Waals surface area contributed by atoms with E-state index < -0.39 is 0 Å². The number of ether oxygens (including phenoxy) is 1. The van der Waals surface area contributed by atoms with Crippen LogP contribution in [0.15, 0.2) is 35.2 Å². The molecule has 1 aromatic carbocycles. The first-order chi connectivity index (χ1) is 14.0. The monoisotopic (exact) mass is 427 g/mol. The molecule has 0 saturated carbocycles. The van der Waals surface area contributed by atoms with Gasteiger partial charge in [0.05, 0.1) is 23.6 Å². The molecule has 7 heteroatoms. The fraction of sp³-hybridized carbons (Fsp3) is 0.409. The summed E-state index contributed by atoms with van der Waals surface area (Å²) in [5.74, 6) is 1.43. The number of aromatic nitrogens is 1. The van der Waals surface area contributed by atoms with Crippen molar-refractivity contribution >= 4 is 57.0 Å². The molecule has 0 spiro atoms.